The van der Waals surface area contributed by atoms with Crippen molar-refractivity contribution in [3.05, 3.63) is 180 Å². The number of benzene rings is 4. The second-order valence-corrected chi connectivity index (χ2v) is 9.77. The highest BCUT2D eigenvalue weighted by Gasteiger charge is 2.46. The van der Waals surface area contributed by atoms with Gasteiger partial charge in [0.05, 0.1) is 5.41 Å². The first-order valence-electron chi connectivity index (χ1n) is 13.0. The molecule has 1 aliphatic carbocycles. The molecule has 0 saturated carbocycles. The van der Waals surface area contributed by atoms with Gasteiger partial charge >= 0.3 is 0 Å². The minimum atomic E-state index is -0.494. The zero-order valence-corrected chi connectivity index (χ0v) is 21.6. The summed E-state index contributed by atoms with van der Waals surface area (Å²) in [4.78, 5) is 0. The van der Waals surface area contributed by atoms with Crippen molar-refractivity contribution in [1.82, 2.24) is 0 Å². The summed E-state index contributed by atoms with van der Waals surface area (Å²) >= 11 is 0. The van der Waals surface area contributed by atoms with Crippen LogP contribution < -0.4 is 0 Å². The van der Waals surface area contributed by atoms with Crippen LogP contribution in [0.2, 0.25) is 0 Å². The third-order valence-electron chi connectivity index (χ3n) is 7.68. The van der Waals surface area contributed by atoms with Crippen LogP contribution in [0.15, 0.2) is 157 Å². The Kier molecular flexibility index (Phi) is 7.35. The molecule has 4 aromatic rings. The average molecular weight is 483 g/mol. The lowest BCUT2D eigenvalue weighted by Gasteiger charge is -2.45. The van der Waals surface area contributed by atoms with Crippen molar-refractivity contribution in [2.24, 2.45) is 0 Å². The lowest BCUT2D eigenvalue weighted by atomic mass is 9.57. The normalized spacial score (nSPS) is 17.8. The molecule has 1 unspecified atom stereocenters. The van der Waals surface area contributed by atoms with Gasteiger partial charge in [-0.05, 0) is 41.3 Å². The molecule has 0 bridgehead atoms. The topological polar surface area (TPSA) is 9.23 Å². The molecule has 0 saturated heterocycles. The van der Waals surface area contributed by atoms with E-state index in [-0.39, 0.29) is 5.92 Å². The molecule has 1 aliphatic rings. The minimum absolute atomic E-state index is 0.0352. The van der Waals surface area contributed by atoms with Gasteiger partial charge in [0.2, 0.25) is 0 Å². The first-order valence-corrected chi connectivity index (χ1v) is 13.0. The highest BCUT2D eigenvalue weighted by Crippen LogP contribution is 2.53. The Hall–Kier alpha value is -3.94. The lowest BCUT2D eigenvalue weighted by Crippen LogP contribution is -2.39. The van der Waals surface area contributed by atoms with Crippen LogP contribution >= 0.6 is 0 Å². The molecule has 0 spiro atoms. The van der Waals surface area contributed by atoms with Gasteiger partial charge in [0, 0.05) is 19.4 Å². The summed E-state index contributed by atoms with van der Waals surface area (Å²) in [5, 5.41) is 0. The molecule has 0 fully saturated rings. The first kappa shape index (κ1) is 24.7. The molecule has 37 heavy (non-hydrogen) atoms. The fraction of sp³-hybridized carbons (Fsp3) is 0.167. The predicted octanol–water partition coefficient (Wildman–Crippen LogP) is 8.65. The van der Waals surface area contributed by atoms with Crippen LogP contribution in [0.1, 0.15) is 41.5 Å². The Bertz CT molecular complexity index is 1290. The summed E-state index contributed by atoms with van der Waals surface area (Å²) in [6, 6.07) is 43.8. The maximum Gasteiger partial charge on any atom is 0.108 e. The minimum Gasteiger partial charge on any atom is -0.370 e. The van der Waals surface area contributed by atoms with Gasteiger partial charge in [0.1, 0.15) is 5.60 Å². The van der Waals surface area contributed by atoms with Crippen molar-refractivity contribution in [2.75, 3.05) is 7.11 Å². The van der Waals surface area contributed by atoms with Crippen LogP contribution in [0, 0.1) is 0 Å². The fourth-order valence-electron chi connectivity index (χ4n) is 5.98. The molecule has 5 rings (SSSR count). The lowest BCUT2D eigenvalue weighted by molar-refractivity contribution is 0.0745. The van der Waals surface area contributed by atoms with E-state index in [2.05, 4.69) is 159 Å². The molecule has 1 heteroatoms. The first-order chi connectivity index (χ1) is 18.2. The molecular formula is C36H34O. The molecule has 1 nitrogen and oxygen atoms in total. The monoisotopic (exact) mass is 482 g/mol. The third-order valence-corrected chi connectivity index (χ3v) is 7.68. The number of rotatable bonds is 8. The van der Waals surface area contributed by atoms with Gasteiger partial charge in [-0.15, -0.1) is 0 Å². The second kappa shape index (κ2) is 11.0. The third kappa shape index (κ3) is 4.75. The Morgan fingerprint density at radius 2 is 1.16 bits per heavy atom. The molecule has 1 atom stereocenters. The largest absolute Gasteiger partial charge is 0.370 e. The Balaban J connectivity index is 1.90. The summed E-state index contributed by atoms with van der Waals surface area (Å²) in [5.41, 5.74) is 5.35. The molecule has 0 N–H and O–H groups in total. The Morgan fingerprint density at radius 3 is 1.57 bits per heavy atom. The Morgan fingerprint density at radius 1 is 0.703 bits per heavy atom. The smallest absolute Gasteiger partial charge is 0.108 e. The van der Waals surface area contributed by atoms with Gasteiger partial charge in [0.15, 0.2) is 0 Å². The van der Waals surface area contributed by atoms with Gasteiger partial charge in [-0.2, -0.15) is 0 Å². The number of ether oxygens (including phenoxy) is 1. The van der Waals surface area contributed by atoms with E-state index >= 15 is 0 Å². The molecule has 0 aliphatic heterocycles. The summed E-state index contributed by atoms with van der Waals surface area (Å²) in [5.74, 6) is 0.0352. The summed E-state index contributed by atoms with van der Waals surface area (Å²) in [6.07, 6.45) is 11.7. The van der Waals surface area contributed by atoms with E-state index in [9.17, 15) is 0 Å². The van der Waals surface area contributed by atoms with Crippen LogP contribution in [-0.2, 0) is 10.2 Å². The quantitative estimate of drug-likeness (QED) is 0.228. The molecule has 0 heterocycles. The predicted molar refractivity (Wildman–Crippen MR) is 155 cm³/mol. The molecule has 0 aromatic heterocycles. The van der Waals surface area contributed by atoms with Crippen molar-refractivity contribution in [2.45, 2.75) is 30.3 Å². The van der Waals surface area contributed by atoms with Gasteiger partial charge in [-0.3, -0.25) is 0 Å². The van der Waals surface area contributed by atoms with Gasteiger partial charge < -0.3 is 4.74 Å². The molecule has 184 valence electrons. The van der Waals surface area contributed by atoms with E-state index in [1.54, 1.807) is 0 Å². The highest BCUT2D eigenvalue weighted by atomic mass is 16.5. The summed E-state index contributed by atoms with van der Waals surface area (Å²) < 4.78 is 6.19. The van der Waals surface area contributed by atoms with Crippen molar-refractivity contribution >= 4 is 0 Å². The fourth-order valence-corrected chi connectivity index (χ4v) is 5.98. The van der Waals surface area contributed by atoms with E-state index < -0.39 is 11.0 Å². The van der Waals surface area contributed by atoms with E-state index in [0.29, 0.717) is 0 Å². The zero-order chi connectivity index (χ0) is 25.6. The van der Waals surface area contributed by atoms with E-state index in [1.807, 2.05) is 7.11 Å². The van der Waals surface area contributed by atoms with Gasteiger partial charge in [-0.1, -0.05) is 145 Å². The number of allylic oxidation sites excluding steroid dienone is 3. The van der Waals surface area contributed by atoms with E-state index in [1.165, 1.54) is 27.8 Å². The van der Waals surface area contributed by atoms with E-state index in [0.717, 1.165) is 6.42 Å². The standard InChI is InChI=1S/C36H34O/c1-29(28-35(37-2)26-16-7-17-27-35)36(32-22-12-5-13-23-32,33-24-14-6-15-25-33)34(30-18-8-3-9-19-30)31-20-10-4-11-21-31/h3-26,28,34H,27H2,1-2H3. The van der Waals surface area contributed by atoms with Crippen molar-refractivity contribution < 1.29 is 4.74 Å². The summed E-state index contributed by atoms with van der Waals surface area (Å²) in [6.45, 7) is 2.28. The average Bonchev–Trinajstić information content (AvgIpc) is 2.98. The molecule has 0 radical (unpaired) electrons. The maximum absolute atomic E-state index is 6.19. The SMILES string of the molecule is COC1(C=C(C)C(c2ccccc2)(c2ccccc2)C(c2ccccc2)c2ccccc2)C=CC=CC1. The van der Waals surface area contributed by atoms with Crippen LogP contribution in [0.4, 0.5) is 0 Å². The zero-order valence-electron chi connectivity index (χ0n) is 21.6. The van der Waals surface area contributed by atoms with Crippen molar-refractivity contribution in [1.29, 1.82) is 0 Å². The van der Waals surface area contributed by atoms with E-state index in [4.69, 9.17) is 4.74 Å². The van der Waals surface area contributed by atoms with Crippen LogP contribution in [-0.4, -0.2) is 12.7 Å². The van der Waals surface area contributed by atoms with Crippen molar-refractivity contribution in [3.63, 3.8) is 0 Å². The van der Waals surface area contributed by atoms with Crippen LogP contribution in [0.25, 0.3) is 0 Å². The van der Waals surface area contributed by atoms with Crippen molar-refractivity contribution in [3.8, 4) is 0 Å². The highest BCUT2D eigenvalue weighted by molar-refractivity contribution is 5.57. The van der Waals surface area contributed by atoms with Crippen LogP contribution in [0.3, 0.4) is 0 Å². The maximum atomic E-state index is 6.19. The van der Waals surface area contributed by atoms with Gasteiger partial charge in [-0.25, -0.2) is 0 Å². The Labute approximate surface area is 221 Å². The van der Waals surface area contributed by atoms with Crippen LogP contribution in [0.5, 0.6) is 0 Å². The molecule has 0 amide bonds. The number of methoxy groups -OCH3 is 1. The second-order valence-electron chi connectivity index (χ2n) is 9.77. The molecular weight excluding hydrogens is 448 g/mol. The van der Waals surface area contributed by atoms with Gasteiger partial charge in [0.25, 0.3) is 0 Å². The summed E-state index contributed by atoms with van der Waals surface area (Å²) in [7, 11) is 1.81. The number of hydrogen-bond acceptors (Lipinski definition) is 1. The molecule has 4 aromatic carbocycles. The number of hydrogen-bond donors (Lipinski definition) is 0.